The molecule has 26 heavy (non-hydrogen) atoms. The minimum Gasteiger partial charge on any atom is -0.478 e. The standard InChI is InChI=1S/C19H23NO6/c1-10-8-6-7-9-12(10)14-13(17(21)22)11(2)20-16(19(25-4)26-5)15(14)18(23)24-3/h6-9,14,19-20H,1-5H3,(H,21,22). The van der Waals surface area contributed by atoms with E-state index in [2.05, 4.69) is 5.32 Å². The fourth-order valence-corrected chi connectivity index (χ4v) is 3.21. The Kier molecular flexibility index (Phi) is 6.18. The lowest BCUT2D eigenvalue weighted by Gasteiger charge is -2.33. The van der Waals surface area contributed by atoms with Crippen LogP contribution in [0.1, 0.15) is 24.0 Å². The number of hydrogen-bond acceptors (Lipinski definition) is 6. The number of rotatable bonds is 6. The van der Waals surface area contributed by atoms with Crippen LogP contribution >= 0.6 is 0 Å². The predicted molar refractivity (Wildman–Crippen MR) is 94.2 cm³/mol. The number of methoxy groups -OCH3 is 3. The Labute approximate surface area is 152 Å². The molecule has 1 aromatic carbocycles. The number of aliphatic carboxylic acids is 1. The molecule has 7 nitrogen and oxygen atoms in total. The van der Waals surface area contributed by atoms with Crippen LogP contribution in [0, 0.1) is 6.92 Å². The lowest BCUT2D eigenvalue weighted by atomic mass is 9.78. The number of carboxylic acid groups (broad SMARTS) is 1. The summed E-state index contributed by atoms with van der Waals surface area (Å²) in [6.45, 7) is 3.51. The lowest BCUT2D eigenvalue weighted by Crippen LogP contribution is -2.38. The molecule has 0 amide bonds. The maximum atomic E-state index is 12.6. The number of nitrogens with one attached hydrogen (secondary N) is 1. The molecule has 1 aliphatic rings. The molecule has 1 atom stereocenters. The number of aryl methyl sites for hydroxylation is 1. The van der Waals surface area contributed by atoms with Crippen LogP contribution in [0.3, 0.4) is 0 Å². The van der Waals surface area contributed by atoms with Gasteiger partial charge in [0.15, 0.2) is 6.29 Å². The van der Waals surface area contributed by atoms with E-state index >= 15 is 0 Å². The Morgan fingerprint density at radius 3 is 2.19 bits per heavy atom. The van der Waals surface area contributed by atoms with Crippen LogP contribution in [0.4, 0.5) is 0 Å². The number of hydrogen-bond donors (Lipinski definition) is 2. The molecule has 1 aliphatic heterocycles. The fourth-order valence-electron chi connectivity index (χ4n) is 3.21. The van der Waals surface area contributed by atoms with Gasteiger partial charge in [-0.25, -0.2) is 9.59 Å². The average Bonchev–Trinajstić information content (AvgIpc) is 2.61. The summed E-state index contributed by atoms with van der Waals surface area (Å²) in [4.78, 5) is 24.6. The maximum Gasteiger partial charge on any atom is 0.336 e. The minimum atomic E-state index is -1.12. The summed E-state index contributed by atoms with van der Waals surface area (Å²) in [6.07, 6.45) is -0.874. The monoisotopic (exact) mass is 361 g/mol. The van der Waals surface area contributed by atoms with E-state index in [0.29, 0.717) is 17.0 Å². The third-order valence-electron chi connectivity index (χ3n) is 4.39. The van der Waals surface area contributed by atoms with E-state index < -0.39 is 24.1 Å². The van der Waals surface area contributed by atoms with Crippen molar-refractivity contribution in [1.82, 2.24) is 5.32 Å². The number of carboxylic acids is 1. The highest BCUT2D eigenvalue weighted by Crippen LogP contribution is 2.40. The summed E-state index contributed by atoms with van der Waals surface area (Å²) < 4.78 is 15.6. The number of carbonyl (C=O) groups excluding carboxylic acids is 1. The van der Waals surface area contributed by atoms with Crippen LogP contribution < -0.4 is 5.32 Å². The normalized spacial score (nSPS) is 17.4. The highest BCUT2D eigenvalue weighted by molar-refractivity contribution is 5.99. The molecule has 1 unspecified atom stereocenters. The van der Waals surface area contributed by atoms with Crippen molar-refractivity contribution in [3.8, 4) is 0 Å². The third-order valence-corrected chi connectivity index (χ3v) is 4.39. The zero-order valence-electron chi connectivity index (χ0n) is 15.5. The maximum absolute atomic E-state index is 12.6. The minimum absolute atomic E-state index is 0.0782. The van der Waals surface area contributed by atoms with Crippen LogP contribution in [-0.4, -0.2) is 44.7 Å². The van der Waals surface area contributed by atoms with Gasteiger partial charge in [-0.3, -0.25) is 0 Å². The number of dihydropyridines is 1. The summed E-state index contributed by atoms with van der Waals surface area (Å²) >= 11 is 0. The molecule has 1 aromatic rings. The molecule has 1 heterocycles. The van der Waals surface area contributed by atoms with Crippen molar-refractivity contribution in [2.45, 2.75) is 26.1 Å². The number of ether oxygens (including phenoxy) is 3. The molecule has 0 saturated carbocycles. The first-order chi connectivity index (χ1) is 12.4. The van der Waals surface area contributed by atoms with Gasteiger partial charge < -0.3 is 24.6 Å². The van der Waals surface area contributed by atoms with Gasteiger partial charge in [0, 0.05) is 19.9 Å². The molecule has 0 aliphatic carbocycles. The number of benzene rings is 1. The van der Waals surface area contributed by atoms with Crippen molar-refractivity contribution in [2.24, 2.45) is 0 Å². The number of allylic oxidation sites excluding steroid dienone is 1. The average molecular weight is 361 g/mol. The molecule has 140 valence electrons. The second-order valence-electron chi connectivity index (χ2n) is 5.88. The van der Waals surface area contributed by atoms with Gasteiger partial charge in [0.1, 0.15) is 0 Å². The molecule has 0 fully saturated rings. The van der Waals surface area contributed by atoms with Gasteiger partial charge >= 0.3 is 11.9 Å². The van der Waals surface area contributed by atoms with E-state index in [9.17, 15) is 14.7 Å². The molecule has 0 radical (unpaired) electrons. The molecule has 0 spiro atoms. The molecule has 7 heteroatoms. The quantitative estimate of drug-likeness (QED) is 0.592. The molecule has 0 aromatic heterocycles. The van der Waals surface area contributed by atoms with Crippen LogP contribution in [-0.2, 0) is 23.8 Å². The van der Waals surface area contributed by atoms with Crippen molar-refractivity contribution in [3.63, 3.8) is 0 Å². The Morgan fingerprint density at radius 1 is 1.08 bits per heavy atom. The fraction of sp³-hybridized carbons (Fsp3) is 0.368. The Bertz CT molecular complexity index is 776. The Morgan fingerprint density at radius 2 is 1.69 bits per heavy atom. The first kappa shape index (κ1) is 19.7. The summed E-state index contributed by atoms with van der Waals surface area (Å²) in [5.41, 5.74) is 2.53. The highest BCUT2D eigenvalue weighted by atomic mass is 16.7. The van der Waals surface area contributed by atoms with Crippen LogP contribution in [0.15, 0.2) is 46.8 Å². The van der Waals surface area contributed by atoms with Gasteiger partial charge in [-0.15, -0.1) is 0 Å². The van der Waals surface area contributed by atoms with Gasteiger partial charge in [-0.2, -0.15) is 0 Å². The first-order valence-corrected chi connectivity index (χ1v) is 8.01. The highest BCUT2D eigenvalue weighted by Gasteiger charge is 2.40. The molecule has 0 bridgehead atoms. The van der Waals surface area contributed by atoms with E-state index in [1.54, 1.807) is 19.1 Å². The van der Waals surface area contributed by atoms with Crippen molar-refractivity contribution in [2.75, 3.05) is 21.3 Å². The SMILES string of the molecule is COC(=O)C1=C(C(OC)OC)NC(C)=C(C(=O)O)C1c1ccccc1C. The Balaban J connectivity index is 2.82. The van der Waals surface area contributed by atoms with Crippen molar-refractivity contribution < 1.29 is 28.9 Å². The van der Waals surface area contributed by atoms with E-state index in [1.165, 1.54) is 21.3 Å². The molecular weight excluding hydrogens is 338 g/mol. The van der Waals surface area contributed by atoms with Crippen molar-refractivity contribution in [1.29, 1.82) is 0 Å². The first-order valence-electron chi connectivity index (χ1n) is 8.01. The zero-order valence-corrected chi connectivity index (χ0v) is 15.5. The topological polar surface area (TPSA) is 94.1 Å². The predicted octanol–water partition coefficient (Wildman–Crippen LogP) is 2.09. The Hall–Kier alpha value is -2.64. The molecular formula is C19H23NO6. The number of esters is 1. The second-order valence-corrected chi connectivity index (χ2v) is 5.88. The third kappa shape index (κ3) is 3.49. The smallest absolute Gasteiger partial charge is 0.336 e. The summed E-state index contributed by atoms with van der Waals surface area (Å²) in [5.74, 6) is -2.58. The van der Waals surface area contributed by atoms with E-state index in [0.717, 1.165) is 5.56 Å². The van der Waals surface area contributed by atoms with E-state index in [-0.39, 0.29) is 11.1 Å². The van der Waals surface area contributed by atoms with Crippen LogP contribution in [0.2, 0.25) is 0 Å². The van der Waals surface area contributed by atoms with Crippen LogP contribution in [0.5, 0.6) is 0 Å². The van der Waals surface area contributed by atoms with E-state index in [1.807, 2.05) is 19.1 Å². The largest absolute Gasteiger partial charge is 0.478 e. The summed E-state index contributed by atoms with van der Waals surface area (Å²) in [7, 11) is 4.13. The van der Waals surface area contributed by atoms with Gasteiger partial charge in [0.25, 0.3) is 0 Å². The molecule has 0 saturated heterocycles. The zero-order chi connectivity index (χ0) is 19.4. The van der Waals surface area contributed by atoms with Gasteiger partial charge in [0.2, 0.25) is 0 Å². The summed E-state index contributed by atoms with van der Waals surface area (Å²) in [6, 6.07) is 7.33. The van der Waals surface area contributed by atoms with Crippen molar-refractivity contribution in [3.05, 3.63) is 57.9 Å². The molecule has 2 rings (SSSR count). The van der Waals surface area contributed by atoms with Crippen molar-refractivity contribution >= 4 is 11.9 Å². The second kappa shape index (κ2) is 8.16. The number of carbonyl (C=O) groups is 2. The van der Waals surface area contributed by atoms with Crippen LogP contribution in [0.25, 0.3) is 0 Å². The summed E-state index contributed by atoms with van der Waals surface area (Å²) in [5, 5.41) is 12.8. The van der Waals surface area contributed by atoms with E-state index in [4.69, 9.17) is 14.2 Å². The van der Waals surface area contributed by atoms with Gasteiger partial charge in [-0.05, 0) is 25.0 Å². The lowest BCUT2D eigenvalue weighted by molar-refractivity contribution is -0.137. The molecule has 2 N–H and O–H groups in total. The van der Waals surface area contributed by atoms with Gasteiger partial charge in [0.05, 0.1) is 29.9 Å². The van der Waals surface area contributed by atoms with Gasteiger partial charge in [-0.1, -0.05) is 24.3 Å².